The van der Waals surface area contributed by atoms with Crippen molar-refractivity contribution in [3.63, 3.8) is 0 Å². The maximum atomic E-state index is 12.4. The van der Waals surface area contributed by atoms with Crippen LogP contribution in [0.4, 0.5) is 0 Å². The van der Waals surface area contributed by atoms with E-state index in [4.69, 9.17) is 5.73 Å². The second-order valence-corrected chi connectivity index (χ2v) is 6.72. The lowest BCUT2D eigenvalue weighted by Crippen LogP contribution is -2.44. The van der Waals surface area contributed by atoms with Crippen molar-refractivity contribution in [1.29, 1.82) is 0 Å². The summed E-state index contributed by atoms with van der Waals surface area (Å²) < 4.78 is 0. The van der Waals surface area contributed by atoms with E-state index in [1.807, 2.05) is 0 Å². The van der Waals surface area contributed by atoms with Crippen LogP contribution in [0.5, 0.6) is 0 Å². The van der Waals surface area contributed by atoms with Gasteiger partial charge in [0.1, 0.15) is 0 Å². The molecule has 2 aliphatic rings. The molecule has 4 heteroatoms. The fourth-order valence-electron chi connectivity index (χ4n) is 3.79. The Morgan fingerprint density at radius 3 is 2.75 bits per heavy atom. The molecule has 1 aliphatic heterocycles. The lowest BCUT2D eigenvalue weighted by Gasteiger charge is -2.30. The average Bonchev–Trinajstić information content (AvgIpc) is 2.92. The minimum absolute atomic E-state index is 0.223. The van der Waals surface area contributed by atoms with E-state index in [0.29, 0.717) is 5.92 Å². The number of nitrogens with two attached hydrogens (primary N) is 1. The summed E-state index contributed by atoms with van der Waals surface area (Å²) in [5, 5.41) is 3.23. The summed E-state index contributed by atoms with van der Waals surface area (Å²) >= 11 is 0. The van der Waals surface area contributed by atoms with Gasteiger partial charge in [-0.05, 0) is 64.6 Å². The Balaban J connectivity index is 1.72. The van der Waals surface area contributed by atoms with Crippen LogP contribution in [-0.2, 0) is 4.79 Å². The molecular formula is C16H31N3O. The third kappa shape index (κ3) is 4.74. The van der Waals surface area contributed by atoms with Gasteiger partial charge in [0.25, 0.3) is 0 Å². The summed E-state index contributed by atoms with van der Waals surface area (Å²) in [6, 6.07) is 0.274. The third-order valence-corrected chi connectivity index (χ3v) is 4.85. The van der Waals surface area contributed by atoms with Gasteiger partial charge >= 0.3 is 0 Å². The SMILES string of the molecule is CC(CN1CCCC1)NC(=O)C1CCCC(CCN)C1. The van der Waals surface area contributed by atoms with Crippen molar-refractivity contribution < 1.29 is 4.79 Å². The van der Waals surface area contributed by atoms with E-state index in [0.717, 1.165) is 32.4 Å². The Morgan fingerprint density at radius 2 is 2.05 bits per heavy atom. The van der Waals surface area contributed by atoms with Crippen molar-refractivity contribution in [3.05, 3.63) is 0 Å². The van der Waals surface area contributed by atoms with Gasteiger partial charge in [-0.3, -0.25) is 4.79 Å². The predicted molar refractivity (Wildman–Crippen MR) is 82.4 cm³/mol. The zero-order chi connectivity index (χ0) is 14.4. The summed E-state index contributed by atoms with van der Waals surface area (Å²) in [5.41, 5.74) is 5.65. The van der Waals surface area contributed by atoms with Crippen LogP contribution in [0.15, 0.2) is 0 Å². The highest BCUT2D eigenvalue weighted by atomic mass is 16.1. The summed E-state index contributed by atoms with van der Waals surface area (Å²) in [6.07, 6.45) is 8.23. The highest BCUT2D eigenvalue weighted by Crippen LogP contribution is 2.31. The molecule has 20 heavy (non-hydrogen) atoms. The summed E-state index contributed by atoms with van der Waals surface area (Å²) in [7, 11) is 0. The predicted octanol–water partition coefficient (Wildman–Crippen LogP) is 1.74. The van der Waals surface area contributed by atoms with Crippen LogP contribution in [0.2, 0.25) is 0 Å². The van der Waals surface area contributed by atoms with Crippen LogP contribution in [0.25, 0.3) is 0 Å². The molecule has 0 bridgehead atoms. The molecule has 3 N–H and O–H groups in total. The average molecular weight is 281 g/mol. The summed E-state index contributed by atoms with van der Waals surface area (Å²) in [5.74, 6) is 1.16. The van der Waals surface area contributed by atoms with E-state index in [1.165, 1.54) is 38.8 Å². The number of hydrogen-bond acceptors (Lipinski definition) is 3. The van der Waals surface area contributed by atoms with E-state index >= 15 is 0 Å². The number of rotatable bonds is 6. The van der Waals surface area contributed by atoms with Gasteiger partial charge in [-0.2, -0.15) is 0 Å². The number of carbonyl (C=O) groups is 1. The van der Waals surface area contributed by atoms with Crippen LogP contribution in [-0.4, -0.2) is 43.0 Å². The molecule has 1 saturated carbocycles. The zero-order valence-electron chi connectivity index (χ0n) is 12.9. The molecular weight excluding hydrogens is 250 g/mol. The molecule has 1 saturated heterocycles. The summed E-state index contributed by atoms with van der Waals surface area (Å²) in [4.78, 5) is 14.8. The van der Waals surface area contributed by atoms with E-state index < -0.39 is 0 Å². The fraction of sp³-hybridized carbons (Fsp3) is 0.938. The second-order valence-electron chi connectivity index (χ2n) is 6.72. The molecule has 3 atom stereocenters. The molecule has 2 rings (SSSR count). The molecule has 116 valence electrons. The first-order valence-electron chi connectivity index (χ1n) is 8.42. The summed E-state index contributed by atoms with van der Waals surface area (Å²) in [6.45, 7) is 6.29. The molecule has 2 fully saturated rings. The topological polar surface area (TPSA) is 58.4 Å². The van der Waals surface area contributed by atoms with Crippen molar-refractivity contribution >= 4 is 5.91 Å². The Labute approximate surface area is 123 Å². The van der Waals surface area contributed by atoms with Crippen LogP contribution < -0.4 is 11.1 Å². The quantitative estimate of drug-likeness (QED) is 0.780. The van der Waals surface area contributed by atoms with Crippen LogP contribution in [0, 0.1) is 11.8 Å². The number of nitrogens with zero attached hydrogens (tertiary/aromatic N) is 1. The Kier molecular flexibility index (Phi) is 6.30. The number of nitrogens with one attached hydrogen (secondary N) is 1. The van der Waals surface area contributed by atoms with Gasteiger partial charge in [-0.25, -0.2) is 0 Å². The zero-order valence-corrected chi connectivity index (χ0v) is 12.9. The first kappa shape index (κ1) is 15.8. The van der Waals surface area contributed by atoms with Crippen molar-refractivity contribution in [2.75, 3.05) is 26.2 Å². The molecule has 1 heterocycles. The maximum Gasteiger partial charge on any atom is 0.223 e. The van der Waals surface area contributed by atoms with Gasteiger partial charge in [0, 0.05) is 18.5 Å². The Morgan fingerprint density at radius 1 is 1.30 bits per heavy atom. The lowest BCUT2D eigenvalue weighted by atomic mass is 9.79. The molecule has 0 spiro atoms. The monoisotopic (exact) mass is 281 g/mol. The van der Waals surface area contributed by atoms with Gasteiger partial charge in [-0.1, -0.05) is 12.8 Å². The molecule has 4 nitrogen and oxygen atoms in total. The first-order chi connectivity index (χ1) is 9.69. The Bertz CT molecular complexity index is 300. The van der Waals surface area contributed by atoms with Gasteiger partial charge in [0.15, 0.2) is 0 Å². The van der Waals surface area contributed by atoms with Crippen molar-refractivity contribution in [2.45, 2.75) is 57.9 Å². The van der Waals surface area contributed by atoms with E-state index in [-0.39, 0.29) is 17.9 Å². The highest BCUT2D eigenvalue weighted by Gasteiger charge is 2.27. The van der Waals surface area contributed by atoms with Crippen molar-refractivity contribution in [3.8, 4) is 0 Å². The van der Waals surface area contributed by atoms with E-state index in [1.54, 1.807) is 0 Å². The normalized spacial score (nSPS) is 29.3. The van der Waals surface area contributed by atoms with E-state index in [9.17, 15) is 4.79 Å². The van der Waals surface area contributed by atoms with E-state index in [2.05, 4.69) is 17.1 Å². The molecule has 1 aliphatic carbocycles. The standard InChI is InChI=1S/C16H31N3O/c1-13(12-19-9-2-3-10-19)18-16(20)15-6-4-5-14(11-15)7-8-17/h13-15H,2-12,17H2,1H3,(H,18,20). The van der Waals surface area contributed by atoms with Crippen LogP contribution >= 0.6 is 0 Å². The Hall–Kier alpha value is -0.610. The first-order valence-corrected chi connectivity index (χ1v) is 8.42. The molecule has 0 radical (unpaired) electrons. The van der Waals surface area contributed by atoms with Crippen molar-refractivity contribution in [2.24, 2.45) is 17.6 Å². The number of hydrogen-bond donors (Lipinski definition) is 2. The maximum absolute atomic E-state index is 12.4. The minimum atomic E-state index is 0.223. The molecule has 0 aromatic carbocycles. The minimum Gasteiger partial charge on any atom is -0.352 e. The van der Waals surface area contributed by atoms with Crippen LogP contribution in [0.3, 0.4) is 0 Å². The van der Waals surface area contributed by atoms with Gasteiger partial charge in [0.2, 0.25) is 5.91 Å². The van der Waals surface area contributed by atoms with Gasteiger partial charge < -0.3 is 16.0 Å². The van der Waals surface area contributed by atoms with Gasteiger partial charge in [-0.15, -0.1) is 0 Å². The smallest absolute Gasteiger partial charge is 0.223 e. The molecule has 0 aromatic heterocycles. The lowest BCUT2D eigenvalue weighted by molar-refractivity contribution is -0.127. The van der Waals surface area contributed by atoms with Crippen LogP contribution in [0.1, 0.15) is 51.9 Å². The largest absolute Gasteiger partial charge is 0.352 e. The van der Waals surface area contributed by atoms with Crippen molar-refractivity contribution in [1.82, 2.24) is 10.2 Å². The number of likely N-dealkylation sites (tertiary alicyclic amines) is 1. The molecule has 3 unspecified atom stereocenters. The molecule has 1 amide bonds. The second kappa shape index (κ2) is 7.99. The van der Waals surface area contributed by atoms with Gasteiger partial charge in [0.05, 0.1) is 0 Å². The highest BCUT2D eigenvalue weighted by molar-refractivity contribution is 5.79. The fourth-order valence-corrected chi connectivity index (χ4v) is 3.79. The third-order valence-electron chi connectivity index (χ3n) is 4.85. The number of amides is 1. The molecule has 0 aromatic rings. The number of carbonyl (C=O) groups excluding carboxylic acids is 1.